The van der Waals surface area contributed by atoms with Crippen LogP contribution >= 0.6 is 0 Å². The van der Waals surface area contributed by atoms with Gasteiger partial charge in [0.2, 0.25) is 5.91 Å². The molecule has 1 atom stereocenters. The van der Waals surface area contributed by atoms with E-state index in [9.17, 15) is 14.7 Å². The number of aromatic nitrogens is 1. The Balaban J connectivity index is 1.73. The van der Waals surface area contributed by atoms with Gasteiger partial charge < -0.3 is 15.3 Å². The van der Waals surface area contributed by atoms with Crippen molar-refractivity contribution >= 4 is 11.8 Å². The monoisotopic (exact) mass is 275 g/mol. The Labute approximate surface area is 116 Å². The highest BCUT2D eigenvalue weighted by molar-refractivity contribution is 5.98. The summed E-state index contributed by atoms with van der Waals surface area (Å²) in [5, 5.41) is 12.3. The quantitative estimate of drug-likeness (QED) is 0.849. The highest BCUT2D eigenvalue weighted by Crippen LogP contribution is 2.24. The fraction of sp³-hybridized carbons (Fsp3) is 0.500. The van der Waals surface area contributed by atoms with Crippen LogP contribution in [0.5, 0.6) is 5.75 Å². The number of aromatic hydroxyl groups is 1. The van der Waals surface area contributed by atoms with Crippen LogP contribution < -0.4 is 5.32 Å². The predicted octanol–water partition coefficient (Wildman–Crippen LogP) is 0.670. The zero-order valence-corrected chi connectivity index (χ0v) is 11.1. The SMILES string of the molecule is O=C(NC1CC1)C1CCCN1C(=O)c1cncc(O)c1. The third kappa shape index (κ3) is 2.59. The second kappa shape index (κ2) is 5.11. The molecule has 2 amide bonds. The van der Waals surface area contributed by atoms with Gasteiger partial charge >= 0.3 is 0 Å². The van der Waals surface area contributed by atoms with Crippen LogP contribution in [0.2, 0.25) is 0 Å². The second-order valence-corrected chi connectivity index (χ2v) is 5.37. The lowest BCUT2D eigenvalue weighted by atomic mass is 10.2. The molecule has 2 aliphatic rings. The van der Waals surface area contributed by atoms with E-state index in [1.165, 1.54) is 18.5 Å². The van der Waals surface area contributed by atoms with Gasteiger partial charge in [-0.2, -0.15) is 0 Å². The van der Waals surface area contributed by atoms with Crippen LogP contribution in [0.15, 0.2) is 18.5 Å². The molecule has 1 saturated carbocycles. The Kier molecular flexibility index (Phi) is 3.30. The average Bonchev–Trinajstić information content (AvgIpc) is 3.10. The molecular weight excluding hydrogens is 258 g/mol. The summed E-state index contributed by atoms with van der Waals surface area (Å²) in [5.74, 6) is -0.359. The largest absolute Gasteiger partial charge is 0.506 e. The van der Waals surface area contributed by atoms with E-state index in [0.29, 0.717) is 24.6 Å². The molecule has 2 fully saturated rings. The minimum Gasteiger partial charge on any atom is -0.506 e. The summed E-state index contributed by atoms with van der Waals surface area (Å²) >= 11 is 0. The van der Waals surface area contributed by atoms with E-state index >= 15 is 0 Å². The second-order valence-electron chi connectivity index (χ2n) is 5.37. The lowest BCUT2D eigenvalue weighted by Gasteiger charge is -2.24. The van der Waals surface area contributed by atoms with E-state index in [1.54, 1.807) is 4.90 Å². The van der Waals surface area contributed by atoms with Crippen LogP contribution in [0.3, 0.4) is 0 Å². The molecule has 6 heteroatoms. The third-order valence-electron chi connectivity index (χ3n) is 3.71. The molecule has 1 saturated heterocycles. The molecule has 1 aliphatic heterocycles. The van der Waals surface area contributed by atoms with Gasteiger partial charge in [0.25, 0.3) is 5.91 Å². The van der Waals surface area contributed by atoms with Gasteiger partial charge in [0.05, 0.1) is 11.8 Å². The third-order valence-corrected chi connectivity index (χ3v) is 3.71. The number of pyridine rings is 1. The maximum absolute atomic E-state index is 12.4. The summed E-state index contributed by atoms with van der Waals surface area (Å²) in [4.78, 5) is 29.9. The number of carbonyl (C=O) groups excluding carboxylic acids is 2. The summed E-state index contributed by atoms with van der Waals surface area (Å²) in [6.07, 6.45) is 6.26. The van der Waals surface area contributed by atoms with Gasteiger partial charge in [0.1, 0.15) is 11.8 Å². The van der Waals surface area contributed by atoms with Gasteiger partial charge in [-0.3, -0.25) is 14.6 Å². The number of hydrogen-bond donors (Lipinski definition) is 2. The van der Waals surface area contributed by atoms with Crippen molar-refractivity contribution < 1.29 is 14.7 Å². The van der Waals surface area contributed by atoms with Crippen LogP contribution in [0.25, 0.3) is 0 Å². The summed E-state index contributed by atoms with van der Waals surface area (Å²) in [7, 11) is 0. The fourth-order valence-corrected chi connectivity index (χ4v) is 2.52. The molecular formula is C14H17N3O3. The van der Waals surface area contributed by atoms with Gasteiger partial charge in [-0.1, -0.05) is 0 Å². The van der Waals surface area contributed by atoms with Gasteiger partial charge in [0.15, 0.2) is 0 Å². The van der Waals surface area contributed by atoms with Crippen molar-refractivity contribution in [2.45, 2.75) is 37.8 Å². The Morgan fingerprint density at radius 3 is 2.80 bits per heavy atom. The smallest absolute Gasteiger partial charge is 0.256 e. The van der Waals surface area contributed by atoms with Crippen molar-refractivity contribution in [2.75, 3.05) is 6.54 Å². The molecule has 1 aromatic rings. The molecule has 6 nitrogen and oxygen atoms in total. The molecule has 20 heavy (non-hydrogen) atoms. The van der Waals surface area contributed by atoms with Crippen molar-refractivity contribution in [1.82, 2.24) is 15.2 Å². The predicted molar refractivity (Wildman–Crippen MR) is 71.1 cm³/mol. The van der Waals surface area contributed by atoms with Crippen molar-refractivity contribution in [1.29, 1.82) is 0 Å². The molecule has 0 spiro atoms. The van der Waals surface area contributed by atoms with E-state index in [2.05, 4.69) is 10.3 Å². The summed E-state index contributed by atoms with van der Waals surface area (Å²) in [5.41, 5.74) is 0.316. The number of hydrogen-bond acceptors (Lipinski definition) is 4. The maximum Gasteiger partial charge on any atom is 0.256 e. The molecule has 2 N–H and O–H groups in total. The Hall–Kier alpha value is -2.11. The van der Waals surface area contributed by atoms with Crippen molar-refractivity contribution in [3.05, 3.63) is 24.0 Å². The molecule has 1 aliphatic carbocycles. The van der Waals surface area contributed by atoms with E-state index in [4.69, 9.17) is 0 Å². The first-order chi connectivity index (χ1) is 9.65. The minimum atomic E-state index is -0.398. The fourth-order valence-electron chi connectivity index (χ4n) is 2.52. The Morgan fingerprint density at radius 2 is 2.10 bits per heavy atom. The average molecular weight is 275 g/mol. The molecule has 2 heterocycles. The number of carbonyl (C=O) groups is 2. The number of rotatable bonds is 3. The number of likely N-dealkylation sites (tertiary alicyclic amines) is 1. The topological polar surface area (TPSA) is 82.5 Å². The lowest BCUT2D eigenvalue weighted by Crippen LogP contribution is -2.46. The van der Waals surface area contributed by atoms with Crippen LogP contribution in [0.4, 0.5) is 0 Å². The summed E-state index contributed by atoms with van der Waals surface area (Å²) in [6, 6.07) is 1.27. The summed E-state index contributed by atoms with van der Waals surface area (Å²) < 4.78 is 0. The zero-order chi connectivity index (χ0) is 14.1. The van der Waals surface area contributed by atoms with Gasteiger partial charge in [-0.25, -0.2) is 0 Å². The first-order valence-corrected chi connectivity index (χ1v) is 6.90. The standard InChI is InChI=1S/C14H17N3O3/c18-11-6-9(7-15-8-11)14(20)17-5-1-2-12(17)13(19)16-10-3-4-10/h6-8,10,12,18H,1-5H2,(H,16,19). The number of nitrogens with one attached hydrogen (secondary N) is 1. The van der Waals surface area contributed by atoms with Crippen LogP contribution in [0.1, 0.15) is 36.0 Å². The highest BCUT2D eigenvalue weighted by Gasteiger charge is 2.36. The lowest BCUT2D eigenvalue weighted by molar-refractivity contribution is -0.125. The Bertz CT molecular complexity index is 542. The number of nitrogens with zero attached hydrogens (tertiary/aromatic N) is 2. The first-order valence-electron chi connectivity index (χ1n) is 6.90. The zero-order valence-electron chi connectivity index (χ0n) is 11.1. The Morgan fingerprint density at radius 1 is 1.30 bits per heavy atom. The van der Waals surface area contributed by atoms with Crippen molar-refractivity contribution in [2.24, 2.45) is 0 Å². The first kappa shape index (κ1) is 12.9. The molecule has 0 bridgehead atoms. The van der Waals surface area contributed by atoms with Crippen molar-refractivity contribution in [3.63, 3.8) is 0 Å². The minimum absolute atomic E-state index is 0.0472. The van der Waals surface area contributed by atoms with Crippen LogP contribution in [-0.2, 0) is 4.79 Å². The molecule has 0 radical (unpaired) electrons. The summed E-state index contributed by atoms with van der Waals surface area (Å²) in [6.45, 7) is 0.567. The van der Waals surface area contributed by atoms with E-state index in [1.807, 2.05) is 0 Å². The molecule has 106 valence electrons. The van der Waals surface area contributed by atoms with E-state index in [0.717, 1.165) is 19.3 Å². The normalized spacial score (nSPS) is 21.8. The molecule has 1 unspecified atom stereocenters. The molecule has 1 aromatic heterocycles. The van der Waals surface area contributed by atoms with Crippen LogP contribution in [-0.4, -0.2) is 45.4 Å². The van der Waals surface area contributed by atoms with Gasteiger partial charge in [-0.15, -0.1) is 0 Å². The van der Waals surface area contributed by atoms with Gasteiger partial charge in [-0.05, 0) is 31.7 Å². The van der Waals surface area contributed by atoms with E-state index in [-0.39, 0.29) is 17.6 Å². The van der Waals surface area contributed by atoms with Gasteiger partial charge in [0, 0.05) is 18.8 Å². The molecule has 0 aromatic carbocycles. The number of amides is 2. The van der Waals surface area contributed by atoms with E-state index < -0.39 is 6.04 Å². The van der Waals surface area contributed by atoms with Crippen molar-refractivity contribution in [3.8, 4) is 5.75 Å². The molecule has 3 rings (SSSR count). The van der Waals surface area contributed by atoms with Crippen LogP contribution in [0, 0.1) is 0 Å². The highest BCUT2D eigenvalue weighted by atomic mass is 16.3. The maximum atomic E-state index is 12.4.